The van der Waals surface area contributed by atoms with Gasteiger partial charge in [-0.1, -0.05) is 72.3 Å². The summed E-state index contributed by atoms with van der Waals surface area (Å²) in [4.78, 5) is 29.8. The Morgan fingerprint density at radius 1 is 0.912 bits per heavy atom. The Morgan fingerprint density at radius 3 is 2.41 bits per heavy atom. The van der Waals surface area contributed by atoms with E-state index in [-0.39, 0.29) is 11.5 Å². The first-order valence-corrected chi connectivity index (χ1v) is 11.1. The number of nitrogens with zero attached hydrogens (tertiary/aromatic N) is 1. The van der Waals surface area contributed by atoms with Crippen molar-refractivity contribution in [1.29, 1.82) is 0 Å². The molecule has 168 valence electrons. The zero-order valence-corrected chi connectivity index (χ0v) is 18.8. The summed E-state index contributed by atoms with van der Waals surface area (Å²) in [5.74, 6) is -0.897. The number of rotatable bonds is 4. The van der Waals surface area contributed by atoms with Crippen LogP contribution in [0, 0.1) is 0 Å². The molecule has 0 saturated carbocycles. The molecular formula is C27H21ClN4O2. The molecule has 2 atom stereocenters. The van der Waals surface area contributed by atoms with Gasteiger partial charge >= 0.3 is 0 Å². The van der Waals surface area contributed by atoms with Gasteiger partial charge in [0.15, 0.2) is 0 Å². The minimum atomic E-state index is -0.961. The van der Waals surface area contributed by atoms with E-state index in [4.69, 9.17) is 17.3 Å². The number of hydrogen-bond acceptors (Lipinski definition) is 4. The van der Waals surface area contributed by atoms with Crippen LogP contribution in [0.5, 0.6) is 0 Å². The lowest BCUT2D eigenvalue weighted by molar-refractivity contribution is -0.118. The minimum Gasteiger partial charge on any atom is -0.366 e. The van der Waals surface area contributed by atoms with Gasteiger partial charge in [0.05, 0.1) is 11.2 Å². The number of benzene rings is 3. The summed E-state index contributed by atoms with van der Waals surface area (Å²) in [6.07, 6.45) is 1.48. The summed E-state index contributed by atoms with van der Waals surface area (Å²) in [5.41, 5.74) is 8.47. The smallest absolute Gasteiger partial charge is 0.248 e. The standard InChI is InChI=1S/C27H21ClN4O2/c28-20-10-6-9-19(16-20)27(18-7-2-1-3-8-18)21-11-4-5-12-22(21)31-26(34)24(32-27)23-15-17(25(29)33)13-14-30-23/h1-16,24,32H,(H2,29,33)(H,31,34). The second kappa shape index (κ2) is 8.74. The van der Waals surface area contributed by atoms with Crippen LogP contribution >= 0.6 is 11.6 Å². The number of carbonyl (C=O) groups excluding carboxylic acids is 2. The van der Waals surface area contributed by atoms with Crippen LogP contribution in [0.4, 0.5) is 5.69 Å². The second-order valence-electron chi connectivity index (χ2n) is 8.07. The monoisotopic (exact) mass is 468 g/mol. The number of aromatic nitrogens is 1. The van der Waals surface area contributed by atoms with Crippen LogP contribution in [0.15, 0.2) is 97.2 Å². The highest BCUT2D eigenvalue weighted by Gasteiger charge is 2.44. The molecule has 0 saturated heterocycles. The Morgan fingerprint density at radius 2 is 1.65 bits per heavy atom. The molecule has 2 unspecified atom stereocenters. The molecule has 0 bridgehead atoms. The Balaban J connectivity index is 1.81. The molecule has 7 heteroatoms. The highest BCUT2D eigenvalue weighted by atomic mass is 35.5. The van der Waals surface area contributed by atoms with E-state index in [9.17, 15) is 9.59 Å². The molecule has 34 heavy (non-hydrogen) atoms. The fourth-order valence-corrected chi connectivity index (χ4v) is 4.70. The van der Waals surface area contributed by atoms with Crippen molar-refractivity contribution in [1.82, 2.24) is 10.3 Å². The molecule has 1 aliphatic rings. The number of hydrogen-bond donors (Lipinski definition) is 3. The average Bonchev–Trinajstić information content (AvgIpc) is 2.99. The maximum atomic E-state index is 13.5. The molecule has 5 rings (SSSR count). The topological polar surface area (TPSA) is 97.1 Å². The summed E-state index contributed by atoms with van der Waals surface area (Å²) in [5, 5.41) is 7.20. The molecular weight excluding hydrogens is 448 g/mol. The van der Waals surface area contributed by atoms with Crippen molar-refractivity contribution in [3.05, 3.63) is 130 Å². The number of amides is 2. The van der Waals surface area contributed by atoms with Crippen LogP contribution in [0.2, 0.25) is 5.02 Å². The van der Waals surface area contributed by atoms with E-state index in [2.05, 4.69) is 15.6 Å². The van der Waals surface area contributed by atoms with Crippen molar-refractivity contribution in [2.75, 3.05) is 5.32 Å². The first kappa shape index (κ1) is 21.8. The Hall–Kier alpha value is -4.00. The number of halogens is 1. The number of nitrogens with two attached hydrogens (primary N) is 1. The summed E-state index contributed by atoms with van der Waals surface area (Å²) in [7, 11) is 0. The zero-order valence-electron chi connectivity index (χ0n) is 18.0. The summed E-state index contributed by atoms with van der Waals surface area (Å²) < 4.78 is 0. The van der Waals surface area contributed by atoms with Crippen LogP contribution in [0.3, 0.4) is 0 Å². The van der Waals surface area contributed by atoms with E-state index in [1.54, 1.807) is 6.07 Å². The number of fused-ring (bicyclic) bond motifs is 1. The highest BCUT2D eigenvalue weighted by molar-refractivity contribution is 6.30. The SMILES string of the molecule is NC(=O)c1ccnc(C2NC(c3ccccc3)(c3cccc(Cl)c3)c3ccccc3NC2=O)c1. The molecule has 2 heterocycles. The second-order valence-corrected chi connectivity index (χ2v) is 8.51. The highest BCUT2D eigenvalue weighted by Crippen LogP contribution is 2.44. The van der Waals surface area contributed by atoms with Crippen LogP contribution < -0.4 is 16.4 Å². The quantitative estimate of drug-likeness (QED) is 0.413. The van der Waals surface area contributed by atoms with Crippen molar-refractivity contribution < 1.29 is 9.59 Å². The lowest BCUT2D eigenvalue weighted by atomic mass is 9.76. The number of primary amides is 1. The van der Waals surface area contributed by atoms with Gasteiger partial charge in [0.25, 0.3) is 0 Å². The van der Waals surface area contributed by atoms with Crippen molar-refractivity contribution >= 4 is 29.1 Å². The van der Waals surface area contributed by atoms with Crippen molar-refractivity contribution in [2.45, 2.75) is 11.6 Å². The maximum absolute atomic E-state index is 13.5. The van der Waals surface area contributed by atoms with E-state index >= 15 is 0 Å². The third kappa shape index (κ3) is 3.73. The van der Waals surface area contributed by atoms with Gasteiger partial charge in [0, 0.05) is 28.0 Å². The predicted octanol–water partition coefficient (Wildman–Crippen LogP) is 4.41. The molecule has 1 aromatic heterocycles. The van der Waals surface area contributed by atoms with Gasteiger partial charge in [-0.25, -0.2) is 0 Å². The summed E-state index contributed by atoms with van der Waals surface area (Å²) in [6.45, 7) is 0. The third-order valence-corrected chi connectivity index (χ3v) is 6.27. The van der Waals surface area contributed by atoms with Gasteiger partial charge in [-0.15, -0.1) is 0 Å². The van der Waals surface area contributed by atoms with E-state index in [0.29, 0.717) is 16.4 Å². The third-order valence-electron chi connectivity index (χ3n) is 6.04. The van der Waals surface area contributed by atoms with Gasteiger partial charge < -0.3 is 11.1 Å². The lowest BCUT2D eigenvalue weighted by Gasteiger charge is -2.38. The molecule has 1 aliphatic heterocycles. The van der Waals surface area contributed by atoms with E-state index in [0.717, 1.165) is 16.7 Å². The number of pyridine rings is 1. The molecule has 6 nitrogen and oxygen atoms in total. The van der Waals surface area contributed by atoms with Crippen LogP contribution in [0.25, 0.3) is 0 Å². The number of para-hydroxylation sites is 1. The van der Waals surface area contributed by atoms with Crippen molar-refractivity contribution in [3.8, 4) is 0 Å². The van der Waals surface area contributed by atoms with Crippen LogP contribution in [-0.4, -0.2) is 16.8 Å². The lowest BCUT2D eigenvalue weighted by Crippen LogP contribution is -2.47. The van der Waals surface area contributed by atoms with Gasteiger partial charge in [-0.3, -0.25) is 19.9 Å². The van der Waals surface area contributed by atoms with Gasteiger partial charge in [-0.05, 0) is 41.5 Å². The van der Waals surface area contributed by atoms with Gasteiger partial charge in [0.1, 0.15) is 6.04 Å². The number of anilines is 1. The molecule has 0 aliphatic carbocycles. The van der Waals surface area contributed by atoms with E-state index < -0.39 is 17.5 Å². The zero-order chi connectivity index (χ0) is 23.7. The fourth-order valence-electron chi connectivity index (χ4n) is 4.51. The minimum absolute atomic E-state index is 0.273. The normalized spacial score (nSPS) is 19.6. The molecule has 4 aromatic rings. The van der Waals surface area contributed by atoms with Crippen molar-refractivity contribution in [3.63, 3.8) is 0 Å². The van der Waals surface area contributed by atoms with Gasteiger partial charge in [-0.2, -0.15) is 0 Å². The van der Waals surface area contributed by atoms with Crippen LogP contribution in [0.1, 0.15) is 38.8 Å². The van der Waals surface area contributed by atoms with Gasteiger partial charge in [0.2, 0.25) is 11.8 Å². The molecule has 0 fully saturated rings. The average molecular weight is 469 g/mol. The number of nitrogens with one attached hydrogen (secondary N) is 2. The first-order valence-electron chi connectivity index (χ1n) is 10.7. The number of carbonyl (C=O) groups is 2. The molecule has 4 N–H and O–H groups in total. The summed E-state index contributed by atoms with van der Waals surface area (Å²) in [6, 6.07) is 27.2. The molecule has 0 spiro atoms. The fraction of sp³-hybridized carbons (Fsp3) is 0.0741. The van der Waals surface area contributed by atoms with Crippen LogP contribution in [-0.2, 0) is 10.3 Å². The Bertz CT molecular complexity index is 1390. The van der Waals surface area contributed by atoms with Crippen molar-refractivity contribution in [2.24, 2.45) is 5.73 Å². The first-order chi connectivity index (χ1) is 16.5. The largest absolute Gasteiger partial charge is 0.366 e. The van der Waals surface area contributed by atoms with E-state index in [1.165, 1.54) is 12.3 Å². The molecule has 0 radical (unpaired) electrons. The molecule has 3 aromatic carbocycles. The maximum Gasteiger partial charge on any atom is 0.248 e. The Kier molecular flexibility index (Phi) is 5.61. The molecule has 2 amide bonds. The van der Waals surface area contributed by atoms with E-state index in [1.807, 2.05) is 78.9 Å². The predicted molar refractivity (Wildman–Crippen MR) is 131 cm³/mol. The summed E-state index contributed by atoms with van der Waals surface area (Å²) >= 11 is 6.45. The Labute approximate surface area is 201 Å².